The summed E-state index contributed by atoms with van der Waals surface area (Å²) in [5, 5.41) is 7.29. The maximum atomic E-state index is 13.0. The molecule has 0 aliphatic rings. The van der Waals surface area contributed by atoms with E-state index in [9.17, 15) is 9.59 Å². The Labute approximate surface area is 177 Å². The molecule has 2 amide bonds. The van der Waals surface area contributed by atoms with Crippen molar-refractivity contribution in [1.29, 1.82) is 0 Å². The SMILES string of the molecule is CC(C)[C@H](NC(=O)c1ccccc1)C(=O)N(C)Cc1cnn(Cc2ccccc2)c1. The first-order valence-corrected chi connectivity index (χ1v) is 10.1. The van der Waals surface area contributed by atoms with Crippen molar-refractivity contribution in [3.05, 3.63) is 89.7 Å². The molecular formula is C24H28N4O2. The molecule has 0 aliphatic carbocycles. The molecule has 3 rings (SSSR count). The number of rotatable bonds is 8. The standard InChI is InChI=1S/C24H28N4O2/c1-18(2)22(26-23(29)21-12-8-5-9-13-21)24(30)27(3)15-20-14-25-28(17-20)16-19-10-6-4-7-11-19/h4-14,17-18,22H,15-16H2,1-3H3,(H,26,29)/t22-/m0/s1. The summed E-state index contributed by atoms with van der Waals surface area (Å²) in [5.41, 5.74) is 2.65. The third kappa shape index (κ3) is 5.56. The minimum absolute atomic E-state index is 0.0339. The van der Waals surface area contributed by atoms with Crippen molar-refractivity contribution in [3.63, 3.8) is 0 Å². The van der Waals surface area contributed by atoms with Gasteiger partial charge in [0, 0.05) is 30.9 Å². The van der Waals surface area contributed by atoms with Crippen molar-refractivity contribution in [2.45, 2.75) is 33.0 Å². The van der Waals surface area contributed by atoms with Gasteiger partial charge in [0.25, 0.3) is 5.91 Å². The van der Waals surface area contributed by atoms with E-state index in [0.717, 1.165) is 5.56 Å². The number of nitrogens with one attached hydrogen (secondary N) is 1. The van der Waals surface area contributed by atoms with Gasteiger partial charge < -0.3 is 10.2 Å². The monoisotopic (exact) mass is 404 g/mol. The van der Waals surface area contributed by atoms with Crippen LogP contribution in [0.4, 0.5) is 0 Å². The highest BCUT2D eigenvalue weighted by molar-refractivity contribution is 5.97. The summed E-state index contributed by atoms with van der Waals surface area (Å²) in [6, 6.07) is 18.4. The topological polar surface area (TPSA) is 67.2 Å². The van der Waals surface area contributed by atoms with Gasteiger partial charge in [0.2, 0.25) is 5.91 Å². The molecule has 3 aromatic rings. The molecule has 156 valence electrons. The van der Waals surface area contributed by atoms with Crippen LogP contribution in [0.25, 0.3) is 0 Å². The quantitative estimate of drug-likeness (QED) is 0.626. The lowest BCUT2D eigenvalue weighted by Crippen LogP contribution is -2.50. The molecule has 0 aliphatic heterocycles. The summed E-state index contributed by atoms with van der Waals surface area (Å²) in [5.74, 6) is -0.398. The van der Waals surface area contributed by atoms with E-state index in [1.165, 1.54) is 5.56 Å². The highest BCUT2D eigenvalue weighted by Crippen LogP contribution is 2.11. The van der Waals surface area contributed by atoms with Crippen LogP contribution in [-0.2, 0) is 17.9 Å². The van der Waals surface area contributed by atoms with Gasteiger partial charge in [-0.2, -0.15) is 5.10 Å². The molecule has 2 aromatic carbocycles. The Bertz CT molecular complexity index is 967. The zero-order valence-corrected chi connectivity index (χ0v) is 17.7. The zero-order chi connectivity index (χ0) is 21.5. The van der Waals surface area contributed by atoms with E-state index >= 15 is 0 Å². The van der Waals surface area contributed by atoms with Gasteiger partial charge >= 0.3 is 0 Å². The highest BCUT2D eigenvalue weighted by Gasteiger charge is 2.27. The number of nitrogens with zero attached hydrogens (tertiary/aromatic N) is 3. The summed E-state index contributed by atoms with van der Waals surface area (Å²) in [6.45, 7) is 4.97. The maximum absolute atomic E-state index is 13.0. The van der Waals surface area contributed by atoms with E-state index in [2.05, 4.69) is 22.5 Å². The van der Waals surface area contributed by atoms with Gasteiger partial charge in [-0.3, -0.25) is 14.3 Å². The Morgan fingerprint density at radius 2 is 1.63 bits per heavy atom. The molecule has 6 heteroatoms. The molecule has 1 heterocycles. The van der Waals surface area contributed by atoms with Crippen LogP contribution < -0.4 is 5.32 Å². The number of carbonyl (C=O) groups excluding carboxylic acids is 2. The molecule has 0 fully saturated rings. The van der Waals surface area contributed by atoms with Crippen LogP contribution in [0.15, 0.2) is 73.1 Å². The smallest absolute Gasteiger partial charge is 0.251 e. The normalized spacial score (nSPS) is 11.9. The van der Waals surface area contributed by atoms with Gasteiger partial charge in [0.05, 0.1) is 12.7 Å². The Kier molecular flexibility index (Phi) is 7.01. The van der Waals surface area contributed by atoms with Gasteiger partial charge in [0.1, 0.15) is 6.04 Å². The van der Waals surface area contributed by atoms with E-state index in [0.29, 0.717) is 18.7 Å². The van der Waals surface area contributed by atoms with Gasteiger partial charge in [-0.05, 0) is 23.6 Å². The number of hydrogen-bond acceptors (Lipinski definition) is 3. The summed E-state index contributed by atoms with van der Waals surface area (Å²) in [6.07, 6.45) is 3.73. The molecule has 1 N–H and O–H groups in total. The summed E-state index contributed by atoms with van der Waals surface area (Å²) < 4.78 is 1.86. The van der Waals surface area contributed by atoms with Gasteiger partial charge in [-0.25, -0.2) is 0 Å². The molecule has 0 saturated heterocycles. The lowest BCUT2D eigenvalue weighted by Gasteiger charge is -2.27. The Hall–Kier alpha value is -3.41. The molecule has 0 spiro atoms. The van der Waals surface area contributed by atoms with Crippen LogP contribution in [0.3, 0.4) is 0 Å². The molecular weight excluding hydrogens is 376 g/mol. The highest BCUT2D eigenvalue weighted by atomic mass is 16.2. The first-order chi connectivity index (χ1) is 14.4. The van der Waals surface area contributed by atoms with Crippen LogP contribution >= 0.6 is 0 Å². The van der Waals surface area contributed by atoms with Crippen molar-refractivity contribution in [2.75, 3.05) is 7.05 Å². The average Bonchev–Trinajstić information content (AvgIpc) is 3.19. The predicted molar refractivity (Wildman–Crippen MR) is 117 cm³/mol. The second kappa shape index (κ2) is 9.87. The first kappa shape index (κ1) is 21.3. The molecule has 0 bridgehead atoms. The number of hydrogen-bond donors (Lipinski definition) is 1. The molecule has 30 heavy (non-hydrogen) atoms. The van der Waals surface area contributed by atoms with E-state index in [1.807, 2.05) is 49.0 Å². The van der Waals surface area contributed by atoms with Gasteiger partial charge in [-0.15, -0.1) is 0 Å². The van der Waals surface area contributed by atoms with Crippen LogP contribution in [0.5, 0.6) is 0 Å². The lowest BCUT2D eigenvalue weighted by molar-refractivity contribution is -0.133. The third-order valence-corrected chi connectivity index (χ3v) is 4.93. The van der Waals surface area contributed by atoms with Crippen LogP contribution in [0.2, 0.25) is 0 Å². The predicted octanol–water partition coefficient (Wildman–Crippen LogP) is 3.34. The number of aromatic nitrogens is 2. The fourth-order valence-corrected chi connectivity index (χ4v) is 3.26. The second-order valence-electron chi connectivity index (χ2n) is 7.79. The number of benzene rings is 2. The minimum Gasteiger partial charge on any atom is -0.340 e. The molecule has 6 nitrogen and oxygen atoms in total. The summed E-state index contributed by atoms with van der Waals surface area (Å²) in [7, 11) is 1.75. The van der Waals surface area contributed by atoms with Crippen molar-refractivity contribution < 1.29 is 9.59 Å². The molecule has 0 saturated carbocycles. The van der Waals surface area contributed by atoms with E-state index in [1.54, 1.807) is 42.4 Å². The molecule has 0 radical (unpaired) electrons. The number of likely N-dealkylation sites (N-methyl/N-ethyl adjacent to an activating group) is 1. The lowest BCUT2D eigenvalue weighted by atomic mass is 10.0. The van der Waals surface area contributed by atoms with Crippen LogP contribution in [0.1, 0.15) is 35.3 Å². The number of amides is 2. The van der Waals surface area contributed by atoms with Crippen LogP contribution in [0, 0.1) is 5.92 Å². The minimum atomic E-state index is -0.595. The Morgan fingerprint density at radius 3 is 2.27 bits per heavy atom. The third-order valence-electron chi connectivity index (χ3n) is 4.93. The van der Waals surface area contributed by atoms with E-state index < -0.39 is 6.04 Å². The Balaban J connectivity index is 1.62. The number of carbonyl (C=O) groups is 2. The largest absolute Gasteiger partial charge is 0.340 e. The Morgan fingerprint density at radius 1 is 1.00 bits per heavy atom. The molecule has 1 aromatic heterocycles. The molecule has 1 atom stereocenters. The van der Waals surface area contributed by atoms with E-state index in [4.69, 9.17) is 0 Å². The average molecular weight is 405 g/mol. The van der Waals surface area contributed by atoms with E-state index in [-0.39, 0.29) is 17.7 Å². The fraction of sp³-hybridized carbons (Fsp3) is 0.292. The maximum Gasteiger partial charge on any atom is 0.251 e. The van der Waals surface area contributed by atoms with Gasteiger partial charge in [0.15, 0.2) is 0 Å². The van der Waals surface area contributed by atoms with Crippen molar-refractivity contribution in [2.24, 2.45) is 5.92 Å². The second-order valence-corrected chi connectivity index (χ2v) is 7.79. The zero-order valence-electron chi connectivity index (χ0n) is 17.7. The van der Waals surface area contributed by atoms with Gasteiger partial charge in [-0.1, -0.05) is 62.4 Å². The van der Waals surface area contributed by atoms with Crippen molar-refractivity contribution in [1.82, 2.24) is 20.0 Å². The molecule has 0 unspecified atom stereocenters. The summed E-state index contributed by atoms with van der Waals surface area (Å²) in [4.78, 5) is 27.2. The summed E-state index contributed by atoms with van der Waals surface area (Å²) >= 11 is 0. The fourth-order valence-electron chi connectivity index (χ4n) is 3.26. The van der Waals surface area contributed by atoms with Crippen molar-refractivity contribution in [3.8, 4) is 0 Å². The van der Waals surface area contributed by atoms with Crippen molar-refractivity contribution >= 4 is 11.8 Å². The van der Waals surface area contributed by atoms with Crippen LogP contribution in [-0.4, -0.2) is 39.6 Å². The first-order valence-electron chi connectivity index (χ1n) is 10.1.